The Labute approximate surface area is 319 Å². The number of aliphatic hydroxyl groups is 1. The van der Waals surface area contributed by atoms with Gasteiger partial charge in [0, 0.05) is 19.4 Å². The van der Waals surface area contributed by atoms with Crippen LogP contribution in [0.5, 0.6) is 0 Å². The van der Waals surface area contributed by atoms with Crippen molar-refractivity contribution < 1.29 is 37.9 Å². The van der Waals surface area contributed by atoms with Crippen molar-refractivity contribution in [2.45, 2.75) is 206 Å². The van der Waals surface area contributed by atoms with Crippen LogP contribution in [0, 0.1) is 0 Å². The summed E-state index contributed by atoms with van der Waals surface area (Å²) in [6, 6.07) is 0. The molecule has 0 aromatic heterocycles. The standard InChI is InChI=1S/C42H80NO8P/c1-3-5-7-9-11-13-15-17-19-20-21-22-24-26-28-30-32-34-41(45)43-36-37-50-52(47,48)51-39-40(44)38-49-42(46)35-33-31-29-27-25-23-18-16-14-12-10-8-6-4-2/h11,13,17,19,40,44H,3-10,12,14-16,18,20-39H2,1-2H3,(H,43,45)(H,47,48)/b13-11-,19-17-. The Kier molecular flexibility index (Phi) is 38.1. The Bertz CT molecular complexity index is 912. The molecule has 0 aromatic carbocycles. The highest BCUT2D eigenvalue weighted by Crippen LogP contribution is 2.42. The Balaban J connectivity index is 3.60. The van der Waals surface area contributed by atoms with E-state index in [2.05, 4.69) is 43.5 Å². The van der Waals surface area contributed by atoms with Crippen LogP contribution in [0.25, 0.3) is 0 Å². The fourth-order valence-corrected chi connectivity index (χ4v) is 6.64. The lowest BCUT2D eigenvalue weighted by Crippen LogP contribution is -2.27. The summed E-state index contributed by atoms with van der Waals surface area (Å²) < 4.78 is 26.8. The van der Waals surface area contributed by atoms with Crippen LogP contribution in [0.3, 0.4) is 0 Å². The summed E-state index contributed by atoms with van der Waals surface area (Å²) in [7, 11) is -4.41. The van der Waals surface area contributed by atoms with Crippen LogP contribution in [-0.4, -0.2) is 54.3 Å². The zero-order valence-electron chi connectivity index (χ0n) is 33.5. The molecule has 9 nitrogen and oxygen atoms in total. The minimum atomic E-state index is -4.41. The van der Waals surface area contributed by atoms with Gasteiger partial charge in [-0.2, -0.15) is 0 Å². The zero-order chi connectivity index (χ0) is 38.2. The number of hydrogen-bond acceptors (Lipinski definition) is 7. The fraction of sp³-hybridized carbons (Fsp3) is 0.857. The van der Waals surface area contributed by atoms with Gasteiger partial charge in [-0.15, -0.1) is 0 Å². The van der Waals surface area contributed by atoms with E-state index in [9.17, 15) is 24.2 Å². The van der Waals surface area contributed by atoms with Gasteiger partial charge in [0.15, 0.2) is 0 Å². The van der Waals surface area contributed by atoms with Crippen molar-refractivity contribution in [2.24, 2.45) is 0 Å². The molecular weight excluding hydrogens is 677 g/mol. The summed E-state index contributed by atoms with van der Waals surface area (Å²) in [6.45, 7) is 3.53. The molecule has 0 heterocycles. The molecule has 0 fully saturated rings. The number of aliphatic hydroxyl groups excluding tert-OH is 1. The van der Waals surface area contributed by atoms with Gasteiger partial charge in [0.05, 0.1) is 13.2 Å². The van der Waals surface area contributed by atoms with Crippen molar-refractivity contribution in [3.63, 3.8) is 0 Å². The van der Waals surface area contributed by atoms with E-state index in [1.54, 1.807) is 0 Å². The second kappa shape index (κ2) is 39.2. The first-order valence-corrected chi connectivity index (χ1v) is 22.8. The first-order valence-electron chi connectivity index (χ1n) is 21.3. The van der Waals surface area contributed by atoms with E-state index >= 15 is 0 Å². The summed E-state index contributed by atoms with van der Waals surface area (Å²) in [4.78, 5) is 33.9. The van der Waals surface area contributed by atoms with Gasteiger partial charge in [-0.1, -0.05) is 167 Å². The number of ether oxygens (including phenoxy) is 1. The average Bonchev–Trinajstić information content (AvgIpc) is 3.13. The molecule has 306 valence electrons. The van der Waals surface area contributed by atoms with Crippen LogP contribution in [0.4, 0.5) is 0 Å². The van der Waals surface area contributed by atoms with Crippen LogP contribution in [0.1, 0.15) is 200 Å². The number of amides is 1. The number of phosphoric acid groups is 1. The van der Waals surface area contributed by atoms with Crippen molar-refractivity contribution in [3.05, 3.63) is 24.3 Å². The summed E-state index contributed by atoms with van der Waals surface area (Å²) in [5.74, 6) is -0.519. The third-order valence-electron chi connectivity index (χ3n) is 9.13. The van der Waals surface area contributed by atoms with Crippen LogP contribution < -0.4 is 5.32 Å². The smallest absolute Gasteiger partial charge is 0.463 e. The van der Waals surface area contributed by atoms with Crippen LogP contribution in [0.2, 0.25) is 0 Å². The molecule has 0 spiro atoms. The van der Waals surface area contributed by atoms with Crippen LogP contribution in [0.15, 0.2) is 24.3 Å². The monoisotopic (exact) mass is 758 g/mol. The summed E-state index contributed by atoms with van der Waals surface area (Å²) in [5, 5.41) is 12.7. The molecule has 52 heavy (non-hydrogen) atoms. The highest BCUT2D eigenvalue weighted by molar-refractivity contribution is 7.47. The number of unbranched alkanes of at least 4 members (excludes halogenated alkanes) is 23. The molecule has 0 aliphatic rings. The molecule has 0 aliphatic carbocycles. The Morgan fingerprint density at radius 1 is 0.596 bits per heavy atom. The maximum atomic E-state index is 12.1. The van der Waals surface area contributed by atoms with Crippen molar-refractivity contribution in [1.29, 1.82) is 0 Å². The lowest BCUT2D eigenvalue weighted by Gasteiger charge is -2.15. The number of esters is 1. The van der Waals surface area contributed by atoms with E-state index in [0.29, 0.717) is 6.42 Å². The van der Waals surface area contributed by atoms with Gasteiger partial charge >= 0.3 is 13.8 Å². The normalized spacial score (nSPS) is 13.5. The first-order chi connectivity index (χ1) is 25.3. The molecule has 0 rings (SSSR count). The number of rotatable bonds is 40. The van der Waals surface area contributed by atoms with Gasteiger partial charge in [0.2, 0.25) is 5.91 Å². The largest absolute Gasteiger partial charge is 0.472 e. The maximum Gasteiger partial charge on any atom is 0.472 e. The molecule has 3 N–H and O–H groups in total. The predicted octanol–water partition coefficient (Wildman–Crippen LogP) is 11.6. The number of phosphoric ester groups is 1. The number of nitrogens with one attached hydrogen (secondary N) is 1. The third kappa shape index (κ3) is 39.7. The van der Waals surface area contributed by atoms with E-state index in [1.165, 1.54) is 122 Å². The van der Waals surface area contributed by atoms with Crippen molar-refractivity contribution in [3.8, 4) is 0 Å². The highest BCUT2D eigenvalue weighted by Gasteiger charge is 2.23. The number of hydrogen-bond donors (Lipinski definition) is 3. The molecule has 0 radical (unpaired) electrons. The predicted molar refractivity (Wildman–Crippen MR) is 215 cm³/mol. The van der Waals surface area contributed by atoms with E-state index < -0.39 is 26.5 Å². The number of carbonyl (C=O) groups excluding carboxylic acids is 2. The molecule has 2 atom stereocenters. The first kappa shape index (κ1) is 50.5. The molecular formula is C42H80NO8P. The minimum Gasteiger partial charge on any atom is -0.463 e. The minimum absolute atomic E-state index is 0.0792. The van der Waals surface area contributed by atoms with Gasteiger partial charge in [0.1, 0.15) is 12.7 Å². The Morgan fingerprint density at radius 2 is 1.04 bits per heavy atom. The van der Waals surface area contributed by atoms with Gasteiger partial charge < -0.3 is 20.1 Å². The van der Waals surface area contributed by atoms with Gasteiger partial charge in [-0.3, -0.25) is 18.6 Å². The second-order valence-corrected chi connectivity index (χ2v) is 15.8. The third-order valence-corrected chi connectivity index (χ3v) is 10.1. The topological polar surface area (TPSA) is 131 Å². The van der Waals surface area contributed by atoms with E-state index in [4.69, 9.17) is 13.8 Å². The molecule has 10 heteroatoms. The molecule has 0 bridgehead atoms. The van der Waals surface area contributed by atoms with Gasteiger partial charge in [-0.05, 0) is 44.9 Å². The quantitative estimate of drug-likeness (QED) is 0.0244. The lowest BCUT2D eigenvalue weighted by molar-refractivity contribution is -0.147. The summed E-state index contributed by atoms with van der Waals surface area (Å²) in [5.41, 5.74) is 0. The van der Waals surface area contributed by atoms with Crippen LogP contribution >= 0.6 is 7.82 Å². The SMILES string of the molecule is CCCCC/C=C\C/C=C\CCCCCCCCCC(=O)NCCOP(=O)(O)OCC(O)COC(=O)CCCCCCCCCCCCCCCC. The Morgan fingerprint density at radius 3 is 1.58 bits per heavy atom. The highest BCUT2D eigenvalue weighted by atomic mass is 31.2. The Hall–Kier alpha value is -1.51. The van der Waals surface area contributed by atoms with E-state index in [1.807, 2.05) is 0 Å². The second-order valence-electron chi connectivity index (χ2n) is 14.3. The van der Waals surface area contributed by atoms with Gasteiger partial charge in [0.25, 0.3) is 0 Å². The van der Waals surface area contributed by atoms with Crippen molar-refractivity contribution in [2.75, 3.05) is 26.4 Å². The van der Waals surface area contributed by atoms with E-state index in [-0.39, 0.29) is 32.1 Å². The zero-order valence-corrected chi connectivity index (χ0v) is 34.4. The average molecular weight is 758 g/mol. The van der Waals surface area contributed by atoms with Crippen molar-refractivity contribution in [1.82, 2.24) is 5.32 Å². The fourth-order valence-electron chi connectivity index (χ4n) is 5.88. The summed E-state index contributed by atoms with van der Waals surface area (Å²) >= 11 is 0. The molecule has 0 saturated heterocycles. The molecule has 1 amide bonds. The molecule has 2 unspecified atom stereocenters. The number of allylic oxidation sites excluding steroid dienone is 4. The van der Waals surface area contributed by atoms with Crippen molar-refractivity contribution >= 4 is 19.7 Å². The van der Waals surface area contributed by atoms with Gasteiger partial charge in [-0.25, -0.2) is 4.57 Å². The summed E-state index contributed by atoms with van der Waals surface area (Å²) in [6.07, 6.45) is 41.0. The maximum absolute atomic E-state index is 12.1. The van der Waals surface area contributed by atoms with E-state index in [0.717, 1.165) is 51.4 Å². The molecule has 0 aliphatic heterocycles. The molecule has 0 saturated carbocycles. The molecule has 0 aromatic rings. The lowest BCUT2D eigenvalue weighted by atomic mass is 10.0. The van der Waals surface area contributed by atoms with Crippen LogP contribution in [-0.2, 0) is 27.9 Å². The number of carbonyl (C=O) groups is 2.